The molecule has 3 rings (SSSR count). The molecule has 0 bridgehead atoms. The molecule has 1 heterocycles. The number of benzene rings is 2. The highest BCUT2D eigenvalue weighted by molar-refractivity contribution is 5.76. The lowest BCUT2D eigenvalue weighted by molar-refractivity contribution is -0.140. The number of fused-ring (bicyclic) bond motifs is 1. The maximum atomic E-state index is 11.1. The lowest BCUT2D eigenvalue weighted by Gasteiger charge is -2.09. The number of aromatic amines is 1. The molecular weight excluding hydrogens is 352 g/mol. The van der Waals surface area contributed by atoms with Crippen molar-refractivity contribution in [2.75, 3.05) is 13.7 Å². The highest BCUT2D eigenvalue weighted by Crippen LogP contribution is 2.23. The van der Waals surface area contributed by atoms with Gasteiger partial charge in [0.2, 0.25) is 0 Å². The van der Waals surface area contributed by atoms with Crippen LogP contribution in [0.1, 0.15) is 49.9 Å². The van der Waals surface area contributed by atoms with Crippen LogP contribution in [0, 0.1) is 0 Å². The van der Waals surface area contributed by atoms with Crippen LogP contribution in [-0.4, -0.2) is 29.7 Å². The number of aromatic nitrogens is 2. The highest BCUT2D eigenvalue weighted by Gasteiger charge is 2.10. The summed E-state index contributed by atoms with van der Waals surface area (Å²) >= 11 is 0. The zero-order chi connectivity index (χ0) is 19.8. The van der Waals surface area contributed by atoms with Gasteiger partial charge in [0.15, 0.2) is 0 Å². The van der Waals surface area contributed by atoms with Gasteiger partial charge in [-0.25, -0.2) is 4.98 Å². The average Bonchev–Trinajstić information content (AvgIpc) is 3.12. The van der Waals surface area contributed by atoms with Crippen molar-refractivity contribution in [3.05, 3.63) is 59.9 Å². The third kappa shape index (κ3) is 5.59. The number of H-pyrrole nitrogens is 1. The van der Waals surface area contributed by atoms with Crippen LogP contribution in [0.3, 0.4) is 0 Å². The van der Waals surface area contributed by atoms with E-state index in [0.29, 0.717) is 18.9 Å². The van der Waals surface area contributed by atoms with Crippen molar-refractivity contribution in [1.29, 1.82) is 0 Å². The Morgan fingerprint density at radius 2 is 1.93 bits per heavy atom. The summed E-state index contributed by atoms with van der Waals surface area (Å²) in [5.74, 6) is 2.09. The van der Waals surface area contributed by atoms with Gasteiger partial charge in [-0.15, -0.1) is 0 Å². The van der Waals surface area contributed by atoms with Crippen molar-refractivity contribution in [2.24, 2.45) is 0 Å². The molecule has 0 amide bonds. The first-order valence-corrected chi connectivity index (χ1v) is 9.89. The van der Waals surface area contributed by atoms with Gasteiger partial charge in [0.1, 0.15) is 11.6 Å². The number of carbonyl (C=O) groups is 1. The van der Waals surface area contributed by atoms with Crippen LogP contribution in [0.2, 0.25) is 0 Å². The minimum atomic E-state index is -0.150. The molecule has 1 aromatic heterocycles. The molecule has 0 aliphatic heterocycles. The van der Waals surface area contributed by atoms with E-state index in [1.807, 2.05) is 24.3 Å². The van der Waals surface area contributed by atoms with E-state index in [0.717, 1.165) is 48.3 Å². The summed E-state index contributed by atoms with van der Waals surface area (Å²) in [4.78, 5) is 19.2. The van der Waals surface area contributed by atoms with Gasteiger partial charge in [0.05, 0.1) is 24.8 Å². The number of carbonyl (C=O) groups excluding carboxylic acids is 1. The largest absolute Gasteiger partial charge is 0.494 e. The molecule has 1 N–H and O–H groups in total. The van der Waals surface area contributed by atoms with E-state index in [-0.39, 0.29) is 5.97 Å². The number of imidazole rings is 1. The van der Waals surface area contributed by atoms with Crippen molar-refractivity contribution in [1.82, 2.24) is 9.97 Å². The number of hydrogen-bond acceptors (Lipinski definition) is 4. The van der Waals surface area contributed by atoms with Gasteiger partial charge in [-0.1, -0.05) is 37.3 Å². The standard InChI is InChI=1S/C23H28N2O3/c1-17(18-9-5-3-6-10-18)15-22-24-20-13-12-19(16-21(20)25-22)28-14-8-4-7-11-23(26)27-2/h3,5-6,9-10,12-13,16-17H,4,7-8,11,14-15H2,1-2H3,(H,24,25). The minimum Gasteiger partial charge on any atom is -0.494 e. The van der Waals surface area contributed by atoms with E-state index >= 15 is 0 Å². The van der Waals surface area contributed by atoms with E-state index < -0.39 is 0 Å². The molecule has 148 valence electrons. The number of methoxy groups -OCH3 is 1. The maximum absolute atomic E-state index is 11.1. The van der Waals surface area contributed by atoms with E-state index in [1.54, 1.807) is 0 Å². The Balaban J connectivity index is 1.50. The SMILES string of the molecule is COC(=O)CCCCCOc1ccc2nc(CC(C)c3ccccc3)[nH]c2c1. The summed E-state index contributed by atoms with van der Waals surface area (Å²) in [7, 11) is 1.42. The van der Waals surface area contributed by atoms with Crippen LogP contribution in [0.25, 0.3) is 11.0 Å². The molecule has 28 heavy (non-hydrogen) atoms. The molecule has 0 saturated carbocycles. The number of esters is 1. The van der Waals surface area contributed by atoms with Gasteiger partial charge in [-0.2, -0.15) is 0 Å². The molecule has 0 saturated heterocycles. The highest BCUT2D eigenvalue weighted by atomic mass is 16.5. The van der Waals surface area contributed by atoms with Crippen LogP contribution < -0.4 is 4.74 Å². The molecule has 0 radical (unpaired) electrons. The summed E-state index contributed by atoms with van der Waals surface area (Å²) in [5, 5.41) is 0. The Labute approximate surface area is 166 Å². The van der Waals surface area contributed by atoms with Crippen molar-refractivity contribution < 1.29 is 14.3 Å². The lowest BCUT2D eigenvalue weighted by Crippen LogP contribution is -2.01. The van der Waals surface area contributed by atoms with Gasteiger partial charge in [0, 0.05) is 18.9 Å². The first-order chi connectivity index (χ1) is 13.7. The van der Waals surface area contributed by atoms with Gasteiger partial charge < -0.3 is 14.5 Å². The van der Waals surface area contributed by atoms with Gasteiger partial charge in [-0.05, 0) is 42.9 Å². The normalized spacial score (nSPS) is 12.1. The Hall–Kier alpha value is -2.82. The second kappa shape index (κ2) is 9.93. The zero-order valence-corrected chi connectivity index (χ0v) is 16.6. The van der Waals surface area contributed by atoms with Crippen molar-refractivity contribution >= 4 is 17.0 Å². The zero-order valence-electron chi connectivity index (χ0n) is 16.6. The Morgan fingerprint density at radius 1 is 1.11 bits per heavy atom. The average molecular weight is 380 g/mol. The van der Waals surface area contributed by atoms with E-state index in [1.165, 1.54) is 12.7 Å². The monoisotopic (exact) mass is 380 g/mol. The summed E-state index contributed by atoms with van der Waals surface area (Å²) in [6.45, 7) is 2.86. The Kier molecular flexibility index (Phi) is 7.06. The van der Waals surface area contributed by atoms with E-state index in [4.69, 9.17) is 9.72 Å². The van der Waals surface area contributed by atoms with Crippen LogP contribution in [-0.2, 0) is 16.0 Å². The topological polar surface area (TPSA) is 64.2 Å². The fourth-order valence-corrected chi connectivity index (χ4v) is 3.26. The maximum Gasteiger partial charge on any atom is 0.305 e. The van der Waals surface area contributed by atoms with E-state index in [2.05, 4.69) is 40.9 Å². The first-order valence-electron chi connectivity index (χ1n) is 9.89. The Bertz CT molecular complexity index is 889. The molecule has 0 aliphatic carbocycles. The molecule has 5 nitrogen and oxygen atoms in total. The summed E-state index contributed by atoms with van der Waals surface area (Å²) in [5.41, 5.74) is 3.28. The first kappa shape index (κ1) is 19.9. The lowest BCUT2D eigenvalue weighted by atomic mass is 9.98. The predicted molar refractivity (Wildman–Crippen MR) is 111 cm³/mol. The number of hydrogen-bond donors (Lipinski definition) is 1. The van der Waals surface area contributed by atoms with Gasteiger partial charge in [0.25, 0.3) is 0 Å². The van der Waals surface area contributed by atoms with Crippen molar-refractivity contribution in [2.45, 2.75) is 44.9 Å². The molecule has 0 aliphatic rings. The van der Waals surface area contributed by atoms with Crippen molar-refractivity contribution in [3.63, 3.8) is 0 Å². The minimum absolute atomic E-state index is 0.150. The molecule has 1 atom stereocenters. The molecular formula is C23H28N2O3. The fourth-order valence-electron chi connectivity index (χ4n) is 3.26. The summed E-state index contributed by atoms with van der Waals surface area (Å²) < 4.78 is 10.5. The quantitative estimate of drug-likeness (QED) is 0.396. The second-order valence-electron chi connectivity index (χ2n) is 7.11. The molecule has 5 heteroatoms. The summed E-state index contributed by atoms with van der Waals surface area (Å²) in [6, 6.07) is 16.5. The van der Waals surface area contributed by atoms with Crippen LogP contribution in [0.15, 0.2) is 48.5 Å². The third-order valence-electron chi connectivity index (χ3n) is 4.89. The number of ether oxygens (including phenoxy) is 2. The smallest absolute Gasteiger partial charge is 0.305 e. The predicted octanol–water partition coefficient (Wildman–Crippen LogP) is 5.02. The van der Waals surface area contributed by atoms with E-state index in [9.17, 15) is 4.79 Å². The van der Waals surface area contributed by atoms with Crippen LogP contribution in [0.5, 0.6) is 5.75 Å². The Morgan fingerprint density at radius 3 is 2.71 bits per heavy atom. The van der Waals surface area contributed by atoms with Crippen LogP contribution in [0.4, 0.5) is 0 Å². The van der Waals surface area contributed by atoms with Gasteiger partial charge >= 0.3 is 5.97 Å². The molecule has 0 fully saturated rings. The van der Waals surface area contributed by atoms with Crippen LogP contribution >= 0.6 is 0 Å². The second-order valence-corrected chi connectivity index (χ2v) is 7.11. The molecule has 1 unspecified atom stereocenters. The fraction of sp³-hybridized carbons (Fsp3) is 0.391. The molecule has 0 spiro atoms. The number of rotatable bonds is 10. The molecule has 3 aromatic rings. The third-order valence-corrected chi connectivity index (χ3v) is 4.89. The van der Waals surface area contributed by atoms with Crippen molar-refractivity contribution in [3.8, 4) is 5.75 Å². The molecule has 2 aromatic carbocycles. The van der Waals surface area contributed by atoms with Gasteiger partial charge in [-0.3, -0.25) is 4.79 Å². The number of nitrogens with zero attached hydrogens (tertiary/aromatic N) is 1. The number of nitrogens with one attached hydrogen (secondary N) is 1. The number of unbranched alkanes of at least 4 members (excludes halogenated alkanes) is 2. The summed E-state index contributed by atoms with van der Waals surface area (Å²) in [6.07, 6.45) is 4.04.